The Morgan fingerprint density at radius 3 is 3.00 bits per heavy atom. The first-order chi connectivity index (χ1) is 8.13. The zero-order valence-corrected chi connectivity index (χ0v) is 11.3. The summed E-state index contributed by atoms with van der Waals surface area (Å²) in [5.74, 6) is 2.00. The Kier molecular flexibility index (Phi) is 4.04. The minimum Gasteiger partial charge on any atom is -0.356 e. The number of aromatic nitrogens is 2. The van der Waals surface area contributed by atoms with E-state index in [-0.39, 0.29) is 0 Å². The molecule has 0 spiro atoms. The molecule has 0 saturated carbocycles. The lowest BCUT2D eigenvalue weighted by molar-refractivity contribution is 0.372. The van der Waals surface area contributed by atoms with E-state index in [1.54, 1.807) is 0 Å². The van der Waals surface area contributed by atoms with Gasteiger partial charge < -0.3 is 9.84 Å². The Hall–Kier alpha value is -1.04. The van der Waals surface area contributed by atoms with Gasteiger partial charge in [0.25, 0.3) is 0 Å². The lowest BCUT2D eigenvalue weighted by atomic mass is 10.1. The second-order valence-corrected chi connectivity index (χ2v) is 5.89. The third-order valence-corrected chi connectivity index (χ3v) is 3.58. The molecule has 1 aliphatic heterocycles. The highest BCUT2D eigenvalue weighted by Crippen LogP contribution is 2.25. The van der Waals surface area contributed by atoms with Crippen LogP contribution in [0.5, 0.6) is 0 Å². The standard InChI is InChI=1S/C11H18N4OS/c1-7(2)4-9-5-12-11(17-9)13-6-10-14-8(3)15-16-10/h7,9H,4-6H2,1-3H3,(H,12,13). The molecule has 0 fully saturated rings. The number of amidine groups is 1. The average molecular weight is 254 g/mol. The van der Waals surface area contributed by atoms with Crippen molar-refractivity contribution in [3.8, 4) is 0 Å². The van der Waals surface area contributed by atoms with Crippen LogP contribution in [0.2, 0.25) is 0 Å². The Bertz CT molecular complexity index is 402. The van der Waals surface area contributed by atoms with Gasteiger partial charge in [0.05, 0.1) is 13.1 Å². The van der Waals surface area contributed by atoms with Crippen LogP contribution in [0.25, 0.3) is 0 Å². The predicted octanol–water partition coefficient (Wildman–Crippen LogP) is 1.99. The molecule has 1 atom stereocenters. The van der Waals surface area contributed by atoms with Gasteiger partial charge in [-0.1, -0.05) is 30.8 Å². The minimum atomic E-state index is 0.557. The van der Waals surface area contributed by atoms with E-state index in [1.807, 2.05) is 18.7 Å². The monoisotopic (exact) mass is 254 g/mol. The number of nitrogens with one attached hydrogen (secondary N) is 1. The fourth-order valence-corrected chi connectivity index (χ4v) is 2.98. The molecule has 17 heavy (non-hydrogen) atoms. The van der Waals surface area contributed by atoms with Crippen molar-refractivity contribution in [3.63, 3.8) is 0 Å². The maximum atomic E-state index is 5.03. The van der Waals surface area contributed by atoms with Gasteiger partial charge in [-0.25, -0.2) is 0 Å². The number of hydrogen-bond acceptors (Lipinski definition) is 6. The molecule has 0 saturated heterocycles. The van der Waals surface area contributed by atoms with Crippen LogP contribution in [-0.4, -0.2) is 27.1 Å². The predicted molar refractivity (Wildman–Crippen MR) is 69.0 cm³/mol. The topological polar surface area (TPSA) is 63.3 Å². The molecule has 94 valence electrons. The molecular formula is C11H18N4OS. The first kappa shape index (κ1) is 12.4. The fraction of sp³-hybridized carbons (Fsp3) is 0.727. The third kappa shape index (κ3) is 3.73. The summed E-state index contributed by atoms with van der Waals surface area (Å²) in [6, 6.07) is 0. The maximum absolute atomic E-state index is 5.03. The van der Waals surface area contributed by atoms with E-state index in [0.29, 0.717) is 23.5 Å². The fourth-order valence-electron chi connectivity index (χ4n) is 1.73. The van der Waals surface area contributed by atoms with E-state index >= 15 is 0 Å². The van der Waals surface area contributed by atoms with Gasteiger partial charge in [-0.15, -0.1) is 0 Å². The molecule has 5 nitrogen and oxygen atoms in total. The van der Waals surface area contributed by atoms with Gasteiger partial charge in [-0.3, -0.25) is 4.99 Å². The molecule has 1 aromatic heterocycles. The van der Waals surface area contributed by atoms with E-state index in [4.69, 9.17) is 4.52 Å². The molecule has 6 heteroatoms. The van der Waals surface area contributed by atoms with Crippen molar-refractivity contribution in [2.75, 3.05) is 6.54 Å². The molecule has 2 heterocycles. The second-order valence-electron chi connectivity index (χ2n) is 4.60. The summed E-state index contributed by atoms with van der Waals surface area (Å²) in [6.45, 7) is 7.77. The van der Waals surface area contributed by atoms with Crippen molar-refractivity contribution < 1.29 is 4.52 Å². The van der Waals surface area contributed by atoms with Crippen LogP contribution in [0.15, 0.2) is 9.52 Å². The normalized spacial score (nSPS) is 19.8. The molecule has 0 aromatic carbocycles. The summed E-state index contributed by atoms with van der Waals surface area (Å²) in [5.41, 5.74) is 0. The number of nitrogens with zero attached hydrogens (tertiary/aromatic N) is 3. The summed E-state index contributed by atoms with van der Waals surface area (Å²) in [4.78, 5) is 8.61. The molecule has 0 amide bonds. The van der Waals surface area contributed by atoms with Gasteiger partial charge in [-0.2, -0.15) is 4.98 Å². The first-order valence-corrected chi connectivity index (χ1v) is 6.75. The molecule has 0 bridgehead atoms. The molecular weight excluding hydrogens is 236 g/mol. The van der Waals surface area contributed by atoms with Crippen LogP contribution < -0.4 is 5.32 Å². The van der Waals surface area contributed by atoms with Gasteiger partial charge in [-0.05, 0) is 19.3 Å². The summed E-state index contributed by atoms with van der Waals surface area (Å²) < 4.78 is 5.03. The highest BCUT2D eigenvalue weighted by Gasteiger charge is 2.20. The van der Waals surface area contributed by atoms with Crippen molar-refractivity contribution in [1.29, 1.82) is 0 Å². The zero-order chi connectivity index (χ0) is 12.3. The van der Waals surface area contributed by atoms with Crippen LogP contribution >= 0.6 is 11.8 Å². The lowest BCUT2D eigenvalue weighted by Crippen LogP contribution is -2.19. The molecule has 1 N–H and O–H groups in total. The molecule has 0 aliphatic carbocycles. The summed E-state index contributed by atoms with van der Waals surface area (Å²) in [5, 5.41) is 8.58. The smallest absolute Gasteiger partial charge is 0.245 e. The molecule has 1 unspecified atom stereocenters. The molecule has 1 aromatic rings. The Labute approximate surface area is 105 Å². The highest BCUT2D eigenvalue weighted by molar-refractivity contribution is 8.14. The quantitative estimate of drug-likeness (QED) is 0.890. The lowest BCUT2D eigenvalue weighted by Gasteiger charge is -2.10. The van der Waals surface area contributed by atoms with Crippen LogP contribution in [-0.2, 0) is 6.54 Å². The SMILES string of the molecule is Cc1noc(CNC2=NCC(CC(C)C)S2)n1. The van der Waals surface area contributed by atoms with E-state index in [2.05, 4.69) is 34.3 Å². The summed E-state index contributed by atoms with van der Waals surface area (Å²) in [6.07, 6.45) is 1.21. The van der Waals surface area contributed by atoms with E-state index < -0.39 is 0 Å². The van der Waals surface area contributed by atoms with Gasteiger partial charge in [0.2, 0.25) is 5.89 Å². The van der Waals surface area contributed by atoms with E-state index in [1.165, 1.54) is 6.42 Å². The van der Waals surface area contributed by atoms with E-state index in [0.717, 1.165) is 17.6 Å². The largest absolute Gasteiger partial charge is 0.356 e. The Balaban J connectivity index is 1.74. The number of hydrogen-bond donors (Lipinski definition) is 1. The van der Waals surface area contributed by atoms with Crippen molar-refractivity contribution >= 4 is 16.9 Å². The number of aryl methyl sites for hydroxylation is 1. The second kappa shape index (κ2) is 5.53. The first-order valence-electron chi connectivity index (χ1n) is 5.87. The summed E-state index contributed by atoms with van der Waals surface area (Å²) in [7, 11) is 0. The molecule has 2 rings (SSSR count). The Morgan fingerprint density at radius 1 is 1.53 bits per heavy atom. The zero-order valence-electron chi connectivity index (χ0n) is 10.4. The maximum Gasteiger partial charge on any atom is 0.245 e. The summed E-state index contributed by atoms with van der Waals surface area (Å²) >= 11 is 1.81. The number of aliphatic imine (C=N–C) groups is 1. The molecule has 0 radical (unpaired) electrons. The number of thioether (sulfide) groups is 1. The minimum absolute atomic E-state index is 0.557. The third-order valence-electron chi connectivity index (χ3n) is 2.41. The van der Waals surface area contributed by atoms with Gasteiger partial charge >= 0.3 is 0 Å². The van der Waals surface area contributed by atoms with Crippen LogP contribution in [0.1, 0.15) is 32.0 Å². The van der Waals surface area contributed by atoms with Crippen molar-refractivity contribution in [2.24, 2.45) is 10.9 Å². The number of rotatable bonds is 4. The van der Waals surface area contributed by atoms with Crippen LogP contribution in [0, 0.1) is 12.8 Å². The van der Waals surface area contributed by atoms with Gasteiger partial charge in [0.1, 0.15) is 0 Å². The van der Waals surface area contributed by atoms with Crippen molar-refractivity contribution in [3.05, 3.63) is 11.7 Å². The Morgan fingerprint density at radius 2 is 2.35 bits per heavy atom. The molecule has 1 aliphatic rings. The highest BCUT2D eigenvalue weighted by atomic mass is 32.2. The van der Waals surface area contributed by atoms with Crippen molar-refractivity contribution in [2.45, 2.75) is 39.0 Å². The van der Waals surface area contributed by atoms with Crippen molar-refractivity contribution in [1.82, 2.24) is 15.5 Å². The van der Waals surface area contributed by atoms with E-state index in [9.17, 15) is 0 Å². The van der Waals surface area contributed by atoms with Crippen LogP contribution in [0.3, 0.4) is 0 Å². The van der Waals surface area contributed by atoms with Crippen LogP contribution in [0.4, 0.5) is 0 Å². The van der Waals surface area contributed by atoms with Gasteiger partial charge in [0, 0.05) is 5.25 Å². The average Bonchev–Trinajstić information content (AvgIpc) is 2.84. The van der Waals surface area contributed by atoms with Gasteiger partial charge in [0.15, 0.2) is 11.0 Å².